The van der Waals surface area contributed by atoms with Gasteiger partial charge in [-0.3, -0.25) is 0 Å². The van der Waals surface area contributed by atoms with Gasteiger partial charge >= 0.3 is 5.97 Å². The summed E-state index contributed by atoms with van der Waals surface area (Å²) in [5.41, 5.74) is 1.85. The van der Waals surface area contributed by atoms with Crippen LogP contribution in [0.3, 0.4) is 0 Å². The molecule has 0 spiro atoms. The second-order valence-corrected chi connectivity index (χ2v) is 3.96. The highest BCUT2D eigenvalue weighted by molar-refractivity contribution is 5.81. The van der Waals surface area contributed by atoms with Crippen molar-refractivity contribution in [2.45, 2.75) is 18.9 Å². The third-order valence-corrected chi connectivity index (χ3v) is 3.06. The minimum atomic E-state index is -0.306. The second kappa shape index (κ2) is 4.12. The number of halogens is 1. The second-order valence-electron chi connectivity index (χ2n) is 3.96. The molecule has 3 nitrogen and oxygen atoms in total. The van der Waals surface area contributed by atoms with Crippen molar-refractivity contribution in [1.29, 1.82) is 0 Å². The number of carbonyl (C=O) groups is 1. The van der Waals surface area contributed by atoms with E-state index in [0.717, 1.165) is 17.7 Å². The fraction of sp³-hybridized carbons (Fsp3) is 0.417. The largest absolute Gasteiger partial charge is 0.467 e. The Morgan fingerprint density at radius 1 is 1.56 bits per heavy atom. The minimum absolute atomic E-state index is 0.266. The first-order chi connectivity index (χ1) is 7.63. The molecule has 1 aromatic carbocycles. The van der Waals surface area contributed by atoms with Gasteiger partial charge < -0.3 is 9.64 Å². The van der Waals surface area contributed by atoms with Gasteiger partial charge in [0.25, 0.3) is 0 Å². The Kier molecular flexibility index (Phi) is 2.81. The molecule has 0 aromatic heterocycles. The van der Waals surface area contributed by atoms with Crippen molar-refractivity contribution >= 4 is 11.7 Å². The molecule has 0 radical (unpaired) electrons. The van der Waals surface area contributed by atoms with E-state index in [1.807, 2.05) is 0 Å². The minimum Gasteiger partial charge on any atom is -0.467 e. The molecule has 0 N–H and O–H groups in total. The average molecular weight is 223 g/mol. The van der Waals surface area contributed by atoms with E-state index >= 15 is 0 Å². The Morgan fingerprint density at radius 2 is 2.31 bits per heavy atom. The molecule has 1 heterocycles. The van der Waals surface area contributed by atoms with Crippen molar-refractivity contribution in [1.82, 2.24) is 0 Å². The Labute approximate surface area is 93.8 Å². The van der Waals surface area contributed by atoms with Crippen LogP contribution in [0, 0.1) is 5.82 Å². The van der Waals surface area contributed by atoms with E-state index in [1.165, 1.54) is 19.2 Å². The van der Waals surface area contributed by atoms with Crippen LogP contribution in [0.15, 0.2) is 18.2 Å². The number of benzene rings is 1. The summed E-state index contributed by atoms with van der Waals surface area (Å²) in [7, 11) is 3.16. The molecule has 0 saturated heterocycles. The van der Waals surface area contributed by atoms with E-state index in [2.05, 4.69) is 0 Å². The van der Waals surface area contributed by atoms with E-state index in [0.29, 0.717) is 6.42 Å². The number of aryl methyl sites for hydroxylation is 1. The molecule has 1 aliphatic rings. The van der Waals surface area contributed by atoms with Crippen LogP contribution in [-0.2, 0) is 16.0 Å². The zero-order chi connectivity index (χ0) is 11.7. The molecule has 0 amide bonds. The van der Waals surface area contributed by atoms with Gasteiger partial charge in [-0.25, -0.2) is 9.18 Å². The highest BCUT2D eigenvalue weighted by Crippen LogP contribution is 2.30. The summed E-state index contributed by atoms with van der Waals surface area (Å²) in [4.78, 5) is 13.3. The lowest BCUT2D eigenvalue weighted by molar-refractivity contribution is -0.142. The number of likely N-dealkylation sites (N-methyl/N-ethyl adjacent to an activating group) is 1. The summed E-state index contributed by atoms with van der Waals surface area (Å²) in [6, 6.07) is 4.38. The first kappa shape index (κ1) is 10.9. The lowest BCUT2D eigenvalue weighted by Gasteiger charge is -2.34. The lowest BCUT2D eigenvalue weighted by atomic mass is 9.96. The molecule has 0 saturated carbocycles. The first-order valence-corrected chi connectivity index (χ1v) is 5.22. The Balaban J connectivity index is 2.34. The van der Waals surface area contributed by atoms with Crippen LogP contribution in [0.5, 0.6) is 0 Å². The smallest absolute Gasteiger partial charge is 0.328 e. The maximum Gasteiger partial charge on any atom is 0.328 e. The summed E-state index contributed by atoms with van der Waals surface area (Å²) in [6.45, 7) is 0. The zero-order valence-corrected chi connectivity index (χ0v) is 9.37. The van der Waals surface area contributed by atoms with Gasteiger partial charge in [0.05, 0.1) is 7.11 Å². The number of hydrogen-bond donors (Lipinski definition) is 0. The van der Waals surface area contributed by atoms with Crippen LogP contribution < -0.4 is 4.90 Å². The van der Waals surface area contributed by atoms with Gasteiger partial charge in [-0.15, -0.1) is 0 Å². The molecule has 4 heteroatoms. The standard InChI is InChI=1S/C12H14FNO2/c1-14-10(12(15)16-2)6-4-8-3-5-9(13)7-11(8)14/h3,5,7,10H,4,6H2,1-2H3. The molecule has 0 aliphatic carbocycles. The lowest BCUT2D eigenvalue weighted by Crippen LogP contribution is -2.42. The molecular weight excluding hydrogens is 209 g/mol. The van der Waals surface area contributed by atoms with Crippen LogP contribution in [0.25, 0.3) is 0 Å². The van der Waals surface area contributed by atoms with E-state index in [9.17, 15) is 9.18 Å². The molecule has 86 valence electrons. The van der Waals surface area contributed by atoms with Crippen LogP contribution in [0.1, 0.15) is 12.0 Å². The number of ether oxygens (including phenoxy) is 1. The van der Waals surface area contributed by atoms with E-state index in [1.54, 1.807) is 18.0 Å². The Morgan fingerprint density at radius 3 is 3.00 bits per heavy atom. The fourth-order valence-electron chi connectivity index (χ4n) is 2.14. The Hall–Kier alpha value is -1.58. The summed E-state index contributed by atoms with van der Waals surface area (Å²) in [6.07, 6.45) is 1.49. The van der Waals surface area contributed by atoms with Gasteiger partial charge in [-0.1, -0.05) is 6.07 Å². The summed E-state index contributed by atoms with van der Waals surface area (Å²) >= 11 is 0. The molecule has 2 rings (SSSR count). The number of carbonyl (C=O) groups excluding carboxylic acids is 1. The average Bonchev–Trinajstić information content (AvgIpc) is 2.29. The number of fused-ring (bicyclic) bond motifs is 1. The van der Waals surface area contributed by atoms with Crippen molar-refractivity contribution in [2.75, 3.05) is 19.1 Å². The molecule has 1 aliphatic heterocycles. The summed E-state index contributed by atoms with van der Waals surface area (Å²) in [5.74, 6) is -0.548. The molecule has 1 aromatic rings. The predicted octanol–water partition coefficient (Wildman–Crippen LogP) is 1.75. The molecular formula is C12H14FNO2. The van der Waals surface area contributed by atoms with Crippen LogP contribution in [0.4, 0.5) is 10.1 Å². The number of anilines is 1. The summed E-state index contributed by atoms with van der Waals surface area (Å²) < 4.78 is 17.9. The number of nitrogens with zero attached hydrogens (tertiary/aromatic N) is 1. The maximum absolute atomic E-state index is 13.1. The maximum atomic E-state index is 13.1. The molecule has 1 atom stereocenters. The van der Waals surface area contributed by atoms with Crippen molar-refractivity contribution in [3.63, 3.8) is 0 Å². The normalized spacial score (nSPS) is 19.2. The molecule has 0 fully saturated rings. The number of hydrogen-bond acceptors (Lipinski definition) is 3. The molecule has 0 bridgehead atoms. The van der Waals surface area contributed by atoms with Gasteiger partial charge in [-0.05, 0) is 30.5 Å². The number of esters is 1. The van der Waals surface area contributed by atoms with Gasteiger partial charge in [0.1, 0.15) is 11.9 Å². The van der Waals surface area contributed by atoms with Crippen molar-refractivity contribution < 1.29 is 13.9 Å². The van der Waals surface area contributed by atoms with E-state index in [4.69, 9.17) is 4.74 Å². The number of rotatable bonds is 1. The van der Waals surface area contributed by atoms with E-state index < -0.39 is 0 Å². The van der Waals surface area contributed by atoms with E-state index in [-0.39, 0.29) is 17.8 Å². The highest BCUT2D eigenvalue weighted by atomic mass is 19.1. The third kappa shape index (κ3) is 1.75. The topological polar surface area (TPSA) is 29.5 Å². The number of methoxy groups -OCH3 is 1. The highest BCUT2D eigenvalue weighted by Gasteiger charge is 2.29. The molecule has 1 unspecified atom stereocenters. The van der Waals surface area contributed by atoms with Gasteiger partial charge in [0.2, 0.25) is 0 Å². The quantitative estimate of drug-likeness (QED) is 0.679. The summed E-state index contributed by atoms with van der Waals surface area (Å²) in [5, 5.41) is 0. The van der Waals surface area contributed by atoms with Crippen LogP contribution >= 0.6 is 0 Å². The van der Waals surface area contributed by atoms with Crippen molar-refractivity contribution in [3.8, 4) is 0 Å². The van der Waals surface area contributed by atoms with Gasteiger partial charge in [0.15, 0.2) is 0 Å². The predicted molar refractivity (Wildman–Crippen MR) is 58.9 cm³/mol. The van der Waals surface area contributed by atoms with Gasteiger partial charge in [-0.2, -0.15) is 0 Å². The van der Waals surface area contributed by atoms with Crippen LogP contribution in [-0.4, -0.2) is 26.2 Å². The molecule has 16 heavy (non-hydrogen) atoms. The van der Waals surface area contributed by atoms with Crippen molar-refractivity contribution in [3.05, 3.63) is 29.6 Å². The zero-order valence-electron chi connectivity index (χ0n) is 9.37. The fourth-order valence-corrected chi connectivity index (χ4v) is 2.14. The van der Waals surface area contributed by atoms with Gasteiger partial charge in [0, 0.05) is 12.7 Å². The monoisotopic (exact) mass is 223 g/mol. The SMILES string of the molecule is COC(=O)C1CCc2ccc(F)cc2N1C. The van der Waals surface area contributed by atoms with Crippen LogP contribution in [0.2, 0.25) is 0 Å². The Bertz CT molecular complexity index is 419. The van der Waals surface area contributed by atoms with Crippen molar-refractivity contribution in [2.24, 2.45) is 0 Å². The first-order valence-electron chi connectivity index (χ1n) is 5.22. The third-order valence-electron chi connectivity index (χ3n) is 3.06.